The number of nitrogens with zero attached hydrogens (tertiary/aromatic N) is 2. The first-order chi connectivity index (χ1) is 8.13. The summed E-state index contributed by atoms with van der Waals surface area (Å²) in [5.74, 6) is 1.01. The number of hydrogen-bond acceptors (Lipinski definition) is 3. The third-order valence-corrected chi connectivity index (χ3v) is 4.06. The normalized spacial score (nSPS) is 29.3. The molecular formula is C13H22N2O2. The third-order valence-electron chi connectivity index (χ3n) is 4.06. The summed E-state index contributed by atoms with van der Waals surface area (Å²) in [7, 11) is 3.50. The Labute approximate surface area is 103 Å². The van der Waals surface area contributed by atoms with Gasteiger partial charge >= 0.3 is 0 Å². The van der Waals surface area contributed by atoms with Crippen molar-refractivity contribution in [3.8, 4) is 5.75 Å². The van der Waals surface area contributed by atoms with Crippen LogP contribution in [0.5, 0.6) is 5.75 Å². The predicted molar refractivity (Wildman–Crippen MR) is 65.9 cm³/mol. The van der Waals surface area contributed by atoms with Crippen molar-refractivity contribution in [3.05, 3.63) is 11.9 Å². The molecule has 0 radical (unpaired) electrons. The van der Waals surface area contributed by atoms with Gasteiger partial charge in [-0.05, 0) is 18.8 Å². The number of methoxy groups -OCH3 is 1. The van der Waals surface area contributed by atoms with Gasteiger partial charge in [-0.2, -0.15) is 5.10 Å². The first-order valence-corrected chi connectivity index (χ1v) is 6.42. The van der Waals surface area contributed by atoms with Crippen LogP contribution in [0.4, 0.5) is 0 Å². The standard InChI is InChI=1S/C13H22N2O2/c1-4-10-7-5-6-8-13(10,16)12-11(17-3)9-14-15(12)2/h9-10,16H,4-8H2,1-3H3. The fourth-order valence-electron chi connectivity index (χ4n) is 3.14. The van der Waals surface area contributed by atoms with Crippen molar-refractivity contribution in [2.75, 3.05) is 7.11 Å². The Kier molecular flexibility index (Phi) is 3.43. The van der Waals surface area contributed by atoms with Crippen LogP contribution in [0.25, 0.3) is 0 Å². The molecule has 2 rings (SSSR count). The van der Waals surface area contributed by atoms with E-state index in [0.29, 0.717) is 11.7 Å². The van der Waals surface area contributed by atoms with Crippen molar-refractivity contribution in [1.82, 2.24) is 9.78 Å². The zero-order valence-corrected chi connectivity index (χ0v) is 10.9. The van der Waals surface area contributed by atoms with E-state index >= 15 is 0 Å². The van der Waals surface area contributed by atoms with Crippen molar-refractivity contribution < 1.29 is 9.84 Å². The lowest BCUT2D eigenvalue weighted by molar-refractivity contribution is -0.0634. The summed E-state index contributed by atoms with van der Waals surface area (Å²) in [5.41, 5.74) is 0.0652. The number of aromatic nitrogens is 2. The van der Waals surface area contributed by atoms with Crippen LogP contribution < -0.4 is 4.74 Å². The van der Waals surface area contributed by atoms with Crippen LogP contribution in [0.3, 0.4) is 0 Å². The minimum atomic E-state index is -0.774. The maximum atomic E-state index is 11.0. The van der Waals surface area contributed by atoms with E-state index in [1.54, 1.807) is 18.0 Å². The molecule has 0 saturated heterocycles. The van der Waals surface area contributed by atoms with Crippen molar-refractivity contribution in [1.29, 1.82) is 0 Å². The summed E-state index contributed by atoms with van der Waals surface area (Å²) in [4.78, 5) is 0. The van der Waals surface area contributed by atoms with Gasteiger partial charge in [-0.1, -0.05) is 26.2 Å². The summed E-state index contributed by atoms with van der Waals surface area (Å²) in [6.45, 7) is 2.14. The Morgan fingerprint density at radius 1 is 1.59 bits per heavy atom. The van der Waals surface area contributed by atoms with Gasteiger partial charge in [-0.3, -0.25) is 4.68 Å². The highest BCUT2D eigenvalue weighted by Crippen LogP contribution is 2.45. The quantitative estimate of drug-likeness (QED) is 0.878. The van der Waals surface area contributed by atoms with E-state index in [-0.39, 0.29) is 0 Å². The maximum Gasteiger partial charge on any atom is 0.162 e. The largest absolute Gasteiger partial charge is 0.493 e. The van der Waals surface area contributed by atoms with E-state index in [4.69, 9.17) is 4.74 Å². The molecule has 1 aliphatic carbocycles. The van der Waals surface area contributed by atoms with Gasteiger partial charge in [0.25, 0.3) is 0 Å². The van der Waals surface area contributed by atoms with Crippen LogP contribution in [-0.4, -0.2) is 22.0 Å². The van der Waals surface area contributed by atoms with Crippen molar-refractivity contribution in [2.45, 2.75) is 44.6 Å². The van der Waals surface area contributed by atoms with Crippen LogP contribution >= 0.6 is 0 Å². The molecule has 0 bridgehead atoms. The Morgan fingerprint density at radius 3 is 3.00 bits per heavy atom. The average molecular weight is 238 g/mol. The predicted octanol–water partition coefficient (Wildman–Crippen LogP) is 2.22. The number of ether oxygens (including phenoxy) is 1. The van der Waals surface area contributed by atoms with Gasteiger partial charge in [-0.25, -0.2) is 0 Å². The highest BCUT2D eigenvalue weighted by Gasteiger charge is 2.43. The molecular weight excluding hydrogens is 216 g/mol. The van der Waals surface area contributed by atoms with Crippen LogP contribution in [0.1, 0.15) is 44.7 Å². The molecule has 0 aromatic carbocycles. The summed E-state index contributed by atoms with van der Waals surface area (Å²) in [6, 6.07) is 0. The minimum absolute atomic E-state index is 0.306. The van der Waals surface area contributed by atoms with Gasteiger partial charge in [-0.15, -0.1) is 0 Å². The second-order valence-corrected chi connectivity index (χ2v) is 4.96. The summed E-state index contributed by atoms with van der Waals surface area (Å²) >= 11 is 0. The molecule has 1 fully saturated rings. The lowest BCUT2D eigenvalue weighted by Gasteiger charge is -2.39. The van der Waals surface area contributed by atoms with E-state index in [1.165, 1.54) is 6.42 Å². The fraction of sp³-hybridized carbons (Fsp3) is 0.769. The summed E-state index contributed by atoms with van der Waals surface area (Å²) < 4.78 is 7.09. The molecule has 96 valence electrons. The first kappa shape index (κ1) is 12.4. The van der Waals surface area contributed by atoms with Gasteiger partial charge in [0.05, 0.1) is 13.3 Å². The van der Waals surface area contributed by atoms with Crippen LogP contribution in [0, 0.1) is 5.92 Å². The second kappa shape index (κ2) is 4.69. The Bertz CT molecular complexity index is 389. The average Bonchev–Trinajstić information content (AvgIpc) is 2.71. The molecule has 2 unspecified atom stereocenters. The Hall–Kier alpha value is -1.03. The van der Waals surface area contributed by atoms with E-state index < -0.39 is 5.60 Å². The minimum Gasteiger partial charge on any atom is -0.493 e. The maximum absolute atomic E-state index is 11.0. The van der Waals surface area contributed by atoms with Crippen LogP contribution in [0.2, 0.25) is 0 Å². The third kappa shape index (κ3) is 1.95. The smallest absolute Gasteiger partial charge is 0.162 e. The number of aliphatic hydroxyl groups is 1. The van der Waals surface area contributed by atoms with E-state index in [0.717, 1.165) is 31.4 Å². The molecule has 1 aliphatic rings. The molecule has 0 spiro atoms. The lowest BCUT2D eigenvalue weighted by Crippen LogP contribution is -2.39. The number of aryl methyl sites for hydroxylation is 1. The molecule has 4 heteroatoms. The topological polar surface area (TPSA) is 47.3 Å². The van der Waals surface area contributed by atoms with Crippen molar-refractivity contribution >= 4 is 0 Å². The van der Waals surface area contributed by atoms with Gasteiger partial charge < -0.3 is 9.84 Å². The zero-order chi connectivity index (χ0) is 12.5. The lowest BCUT2D eigenvalue weighted by atomic mass is 9.72. The van der Waals surface area contributed by atoms with E-state index in [1.807, 2.05) is 7.05 Å². The Morgan fingerprint density at radius 2 is 2.35 bits per heavy atom. The van der Waals surface area contributed by atoms with E-state index in [2.05, 4.69) is 12.0 Å². The zero-order valence-electron chi connectivity index (χ0n) is 10.9. The van der Waals surface area contributed by atoms with Crippen molar-refractivity contribution in [2.24, 2.45) is 13.0 Å². The molecule has 1 heterocycles. The summed E-state index contributed by atoms with van der Waals surface area (Å²) in [6.07, 6.45) is 6.85. The molecule has 4 nitrogen and oxygen atoms in total. The molecule has 0 amide bonds. The van der Waals surface area contributed by atoms with Crippen molar-refractivity contribution in [3.63, 3.8) is 0 Å². The van der Waals surface area contributed by atoms with Gasteiger partial charge in [0.1, 0.15) is 11.3 Å². The van der Waals surface area contributed by atoms with E-state index in [9.17, 15) is 5.11 Å². The second-order valence-electron chi connectivity index (χ2n) is 4.96. The number of hydrogen-bond donors (Lipinski definition) is 1. The fourth-order valence-corrected chi connectivity index (χ4v) is 3.14. The summed E-state index contributed by atoms with van der Waals surface area (Å²) in [5, 5.41) is 15.3. The molecule has 0 aliphatic heterocycles. The Balaban J connectivity index is 2.44. The van der Waals surface area contributed by atoms with Crippen LogP contribution in [0.15, 0.2) is 6.20 Å². The molecule has 2 atom stereocenters. The first-order valence-electron chi connectivity index (χ1n) is 6.42. The highest BCUT2D eigenvalue weighted by molar-refractivity contribution is 5.31. The monoisotopic (exact) mass is 238 g/mol. The molecule has 17 heavy (non-hydrogen) atoms. The highest BCUT2D eigenvalue weighted by atomic mass is 16.5. The molecule has 1 saturated carbocycles. The van der Waals surface area contributed by atoms with Gasteiger partial charge in [0.15, 0.2) is 5.75 Å². The molecule has 1 aromatic heterocycles. The number of rotatable bonds is 3. The SMILES string of the molecule is CCC1CCCCC1(O)c1c(OC)cnn1C. The molecule has 1 aromatic rings. The van der Waals surface area contributed by atoms with Gasteiger partial charge in [0, 0.05) is 7.05 Å². The molecule has 1 N–H and O–H groups in total. The van der Waals surface area contributed by atoms with Crippen LogP contribution in [-0.2, 0) is 12.6 Å². The van der Waals surface area contributed by atoms with Gasteiger partial charge in [0.2, 0.25) is 0 Å².